The maximum atomic E-state index is 13.6. The first kappa shape index (κ1) is 21.6. The Morgan fingerprint density at radius 3 is 2.33 bits per heavy atom. The summed E-state index contributed by atoms with van der Waals surface area (Å²) in [6, 6.07) is 19.9. The third-order valence-electron chi connectivity index (χ3n) is 5.89. The highest BCUT2D eigenvalue weighted by molar-refractivity contribution is 9.10. The molecule has 1 fully saturated rings. The first-order valence-electron chi connectivity index (χ1n) is 10.2. The lowest BCUT2D eigenvalue weighted by Gasteiger charge is -2.23. The van der Waals surface area contributed by atoms with Crippen molar-refractivity contribution in [2.75, 3.05) is 9.91 Å². The monoisotopic (exact) mass is 521 g/mol. The Labute approximate surface area is 203 Å². The summed E-state index contributed by atoms with van der Waals surface area (Å²) in [5.74, 6) is -2.33. The largest absolute Gasteiger partial charge is 0.287 e. The van der Waals surface area contributed by atoms with Gasteiger partial charge in [-0.3, -0.25) is 19.4 Å². The molecule has 0 spiro atoms. The molecule has 0 aromatic heterocycles. The summed E-state index contributed by atoms with van der Waals surface area (Å²) in [6.07, 6.45) is 0. The van der Waals surface area contributed by atoms with Gasteiger partial charge in [-0.2, -0.15) is 5.10 Å². The van der Waals surface area contributed by atoms with Crippen molar-refractivity contribution in [2.24, 2.45) is 11.0 Å². The van der Waals surface area contributed by atoms with Gasteiger partial charge in [-0.05, 0) is 48.9 Å². The Balaban J connectivity index is 1.64. The summed E-state index contributed by atoms with van der Waals surface area (Å²) in [4.78, 5) is 41.8. The molecule has 0 aliphatic carbocycles. The minimum absolute atomic E-state index is 0.0506. The van der Waals surface area contributed by atoms with E-state index in [2.05, 4.69) is 21.0 Å². The number of carbonyl (C=O) groups excluding carboxylic acids is 3. The van der Waals surface area contributed by atoms with Gasteiger partial charge < -0.3 is 0 Å². The number of halogens is 2. The van der Waals surface area contributed by atoms with Crippen molar-refractivity contribution in [3.63, 3.8) is 0 Å². The lowest BCUT2D eigenvalue weighted by atomic mass is 9.92. The molecule has 2 atom stereocenters. The fraction of sp³-hybridized carbons (Fsp3) is 0.120. The second-order valence-electron chi connectivity index (χ2n) is 7.82. The van der Waals surface area contributed by atoms with Crippen molar-refractivity contribution in [3.05, 3.63) is 93.4 Å². The number of benzene rings is 3. The van der Waals surface area contributed by atoms with E-state index in [-0.39, 0.29) is 11.5 Å². The van der Waals surface area contributed by atoms with Gasteiger partial charge in [0.25, 0.3) is 5.91 Å². The molecule has 8 heteroatoms. The average Bonchev–Trinajstić information content (AvgIpc) is 3.33. The van der Waals surface area contributed by atoms with E-state index in [9.17, 15) is 14.4 Å². The van der Waals surface area contributed by atoms with Crippen LogP contribution in [0, 0.1) is 12.8 Å². The van der Waals surface area contributed by atoms with Gasteiger partial charge in [-0.15, -0.1) is 0 Å². The summed E-state index contributed by atoms with van der Waals surface area (Å²) in [5, 5.41) is 6.44. The van der Waals surface area contributed by atoms with Crippen molar-refractivity contribution < 1.29 is 14.4 Å². The van der Waals surface area contributed by atoms with E-state index in [0.29, 0.717) is 27.5 Å². The van der Waals surface area contributed by atoms with E-state index in [1.54, 1.807) is 67.6 Å². The molecule has 2 heterocycles. The zero-order chi connectivity index (χ0) is 23.3. The van der Waals surface area contributed by atoms with Crippen LogP contribution in [0.3, 0.4) is 0 Å². The average molecular weight is 523 g/mol. The summed E-state index contributed by atoms with van der Waals surface area (Å²) >= 11 is 9.67. The number of hydrogen-bond donors (Lipinski definition) is 0. The van der Waals surface area contributed by atoms with Crippen molar-refractivity contribution in [2.45, 2.75) is 13.0 Å². The normalized spacial score (nSPS) is 19.7. The van der Waals surface area contributed by atoms with E-state index in [4.69, 9.17) is 11.6 Å². The van der Waals surface area contributed by atoms with Gasteiger partial charge in [-0.25, -0.2) is 4.90 Å². The van der Waals surface area contributed by atoms with Gasteiger partial charge in [0.05, 0.1) is 11.4 Å². The molecule has 3 aromatic rings. The minimum atomic E-state index is -1.02. The molecule has 2 aliphatic rings. The number of imide groups is 1. The zero-order valence-corrected chi connectivity index (χ0v) is 19.7. The second kappa shape index (κ2) is 8.24. The number of carbonyl (C=O) groups is 3. The molecule has 164 valence electrons. The van der Waals surface area contributed by atoms with E-state index in [1.165, 1.54) is 5.01 Å². The van der Waals surface area contributed by atoms with E-state index in [0.717, 1.165) is 9.37 Å². The predicted octanol–water partition coefficient (Wildman–Crippen LogP) is 5.03. The molecule has 6 nitrogen and oxygen atoms in total. The molecular formula is C25H17BrClN3O3. The minimum Gasteiger partial charge on any atom is -0.287 e. The molecule has 5 rings (SSSR count). The van der Waals surface area contributed by atoms with E-state index >= 15 is 0 Å². The van der Waals surface area contributed by atoms with Crippen molar-refractivity contribution in [3.8, 4) is 0 Å². The van der Waals surface area contributed by atoms with Crippen LogP contribution in [-0.2, 0) is 9.59 Å². The van der Waals surface area contributed by atoms with Crippen LogP contribution in [0.5, 0.6) is 0 Å². The quantitative estimate of drug-likeness (QED) is 0.356. The molecular weight excluding hydrogens is 506 g/mol. The Hall–Kier alpha value is -3.29. The summed E-state index contributed by atoms with van der Waals surface area (Å²) in [5.41, 5.74) is 2.09. The predicted molar refractivity (Wildman–Crippen MR) is 131 cm³/mol. The van der Waals surface area contributed by atoms with Crippen LogP contribution in [0.25, 0.3) is 0 Å². The highest BCUT2D eigenvalue weighted by atomic mass is 79.9. The topological polar surface area (TPSA) is 70.1 Å². The number of amides is 2. The summed E-state index contributed by atoms with van der Waals surface area (Å²) in [7, 11) is 0. The van der Waals surface area contributed by atoms with Gasteiger partial charge in [0, 0.05) is 15.1 Å². The smallest absolute Gasteiger partial charge is 0.259 e. The van der Waals surface area contributed by atoms with Crippen LogP contribution >= 0.6 is 27.5 Å². The van der Waals surface area contributed by atoms with Gasteiger partial charge in [0.2, 0.25) is 11.7 Å². The Kier molecular flexibility index (Phi) is 5.38. The van der Waals surface area contributed by atoms with Crippen LogP contribution in [0.2, 0.25) is 5.02 Å². The Morgan fingerprint density at radius 2 is 1.64 bits per heavy atom. The Morgan fingerprint density at radius 1 is 0.939 bits per heavy atom. The number of fused-ring (bicyclic) bond motifs is 1. The molecule has 3 aromatic carbocycles. The zero-order valence-electron chi connectivity index (χ0n) is 17.4. The number of Topliss-reactive ketones (excluding diaryl/α,β-unsaturated/α-hetero) is 1. The van der Waals surface area contributed by atoms with Gasteiger partial charge in [-0.1, -0.05) is 63.9 Å². The van der Waals surface area contributed by atoms with Crippen LogP contribution in [-0.4, -0.2) is 29.4 Å². The van der Waals surface area contributed by atoms with Gasteiger partial charge in [0.15, 0.2) is 0 Å². The standard InChI is InChI=1S/C25H17BrClN3O3/c1-14-18(27)8-5-9-19(14)29-24(32)20-21(23(31)15-6-3-2-4-7-15)28-30(22(20)25(29)33)17-12-10-16(26)11-13-17/h2-13,20,22H,1H3/t20-,22+/m1/s1. The molecule has 0 unspecified atom stereocenters. The SMILES string of the molecule is Cc1c(Cl)cccc1N1C(=O)[C@@H]2C(C(=O)c3ccccc3)=NN(c3ccc(Br)cc3)[C@@H]2C1=O. The molecule has 0 bridgehead atoms. The van der Waals surface area contributed by atoms with Crippen molar-refractivity contribution >= 4 is 62.2 Å². The molecule has 1 saturated heterocycles. The molecule has 2 amide bonds. The second-order valence-corrected chi connectivity index (χ2v) is 9.14. The molecule has 0 saturated carbocycles. The third kappa shape index (κ3) is 3.48. The molecule has 0 N–H and O–H groups in total. The van der Waals surface area contributed by atoms with Crippen LogP contribution in [0.1, 0.15) is 15.9 Å². The lowest BCUT2D eigenvalue weighted by Crippen LogP contribution is -2.39. The molecule has 0 radical (unpaired) electrons. The number of hydrazone groups is 1. The fourth-order valence-corrected chi connectivity index (χ4v) is 4.66. The van der Waals surface area contributed by atoms with Crippen LogP contribution < -0.4 is 9.91 Å². The molecule has 33 heavy (non-hydrogen) atoms. The number of anilines is 2. The van der Waals surface area contributed by atoms with Crippen molar-refractivity contribution in [1.29, 1.82) is 0 Å². The van der Waals surface area contributed by atoms with Crippen molar-refractivity contribution in [1.82, 2.24) is 0 Å². The number of hydrogen-bond acceptors (Lipinski definition) is 5. The van der Waals surface area contributed by atoms with Gasteiger partial charge >= 0.3 is 0 Å². The highest BCUT2D eigenvalue weighted by Gasteiger charge is 2.58. The summed E-state index contributed by atoms with van der Waals surface area (Å²) < 4.78 is 0.858. The first-order valence-corrected chi connectivity index (χ1v) is 11.4. The number of rotatable bonds is 4. The summed E-state index contributed by atoms with van der Waals surface area (Å²) in [6.45, 7) is 1.75. The maximum absolute atomic E-state index is 13.6. The van der Waals surface area contributed by atoms with E-state index in [1.807, 2.05) is 12.1 Å². The Bertz CT molecular complexity index is 1320. The number of ketones is 1. The first-order chi connectivity index (χ1) is 15.9. The highest BCUT2D eigenvalue weighted by Crippen LogP contribution is 2.40. The molecule has 2 aliphatic heterocycles. The van der Waals surface area contributed by atoms with Crippen LogP contribution in [0.4, 0.5) is 11.4 Å². The maximum Gasteiger partial charge on any atom is 0.259 e. The van der Waals surface area contributed by atoms with Crippen LogP contribution in [0.15, 0.2) is 82.4 Å². The fourth-order valence-electron chi connectivity index (χ4n) is 4.22. The lowest BCUT2D eigenvalue weighted by molar-refractivity contribution is -0.121. The van der Waals surface area contributed by atoms with Gasteiger partial charge in [0.1, 0.15) is 17.7 Å². The number of nitrogens with zero attached hydrogens (tertiary/aromatic N) is 3. The van der Waals surface area contributed by atoms with E-state index < -0.39 is 23.8 Å². The third-order valence-corrected chi connectivity index (χ3v) is 6.83.